The van der Waals surface area contributed by atoms with E-state index in [1.165, 1.54) is 48.1 Å². The minimum absolute atomic E-state index is 0.149. The van der Waals surface area contributed by atoms with Crippen molar-refractivity contribution in [2.24, 2.45) is 5.92 Å². The van der Waals surface area contributed by atoms with Crippen molar-refractivity contribution in [1.82, 2.24) is 20.4 Å². The molecule has 1 aliphatic heterocycles. The van der Waals surface area contributed by atoms with Gasteiger partial charge >= 0.3 is 0 Å². The van der Waals surface area contributed by atoms with Crippen molar-refractivity contribution in [3.05, 3.63) is 81.3 Å². The highest BCUT2D eigenvalue weighted by molar-refractivity contribution is 7.13. The summed E-state index contributed by atoms with van der Waals surface area (Å²) in [5.74, 6) is 0.651. The molecule has 0 bridgehead atoms. The number of carbonyl (C=O) groups is 1. The molecule has 1 aromatic heterocycles. The topological polar surface area (TPSA) is 58.1 Å². The summed E-state index contributed by atoms with van der Waals surface area (Å²) in [6.07, 6.45) is 4.90. The van der Waals surface area contributed by atoms with Gasteiger partial charge in [-0.2, -0.15) is 0 Å². The summed E-state index contributed by atoms with van der Waals surface area (Å²) < 4.78 is 0. The SMILES string of the molecule is Cc1ccc(CNC(=O)c2nnc(CN3CCC(CCc4ccccc4)CC3)s2)cc1. The first-order valence-corrected chi connectivity index (χ1v) is 11.9. The van der Waals surface area contributed by atoms with Crippen molar-refractivity contribution >= 4 is 17.2 Å². The molecular weight excluding hydrogens is 404 g/mol. The van der Waals surface area contributed by atoms with Crippen molar-refractivity contribution in [1.29, 1.82) is 0 Å². The van der Waals surface area contributed by atoms with Crippen LogP contribution in [0.4, 0.5) is 0 Å². The number of aryl methyl sites for hydroxylation is 2. The van der Waals surface area contributed by atoms with E-state index in [0.717, 1.165) is 36.1 Å². The second-order valence-corrected chi connectivity index (χ2v) is 9.48. The fraction of sp³-hybridized carbons (Fsp3) is 0.400. The number of nitrogens with one attached hydrogen (secondary N) is 1. The molecule has 0 aliphatic carbocycles. The Kier molecular flexibility index (Phi) is 7.43. The zero-order valence-corrected chi connectivity index (χ0v) is 18.9. The first kappa shape index (κ1) is 21.7. The second-order valence-electron chi connectivity index (χ2n) is 8.41. The fourth-order valence-electron chi connectivity index (χ4n) is 4.01. The van der Waals surface area contributed by atoms with Crippen LogP contribution in [0.3, 0.4) is 0 Å². The van der Waals surface area contributed by atoms with Crippen molar-refractivity contribution in [3.63, 3.8) is 0 Å². The van der Waals surface area contributed by atoms with E-state index in [1.54, 1.807) is 0 Å². The van der Waals surface area contributed by atoms with Gasteiger partial charge in [-0.1, -0.05) is 71.5 Å². The van der Waals surface area contributed by atoms with E-state index in [0.29, 0.717) is 11.6 Å². The normalized spacial score (nSPS) is 15.1. The number of aromatic nitrogens is 2. The van der Waals surface area contributed by atoms with Crippen molar-refractivity contribution in [2.75, 3.05) is 13.1 Å². The molecule has 0 radical (unpaired) electrons. The molecule has 1 amide bonds. The Bertz CT molecular complexity index is 963. The van der Waals surface area contributed by atoms with E-state index >= 15 is 0 Å². The predicted octanol–water partition coefficient (Wildman–Crippen LogP) is 4.62. The fourth-order valence-corrected chi connectivity index (χ4v) is 4.81. The molecule has 0 spiro atoms. The number of hydrogen-bond acceptors (Lipinski definition) is 5. The molecule has 0 atom stereocenters. The Hall–Kier alpha value is -2.57. The Morgan fingerprint density at radius 3 is 2.52 bits per heavy atom. The number of amides is 1. The molecule has 4 rings (SSSR count). The number of piperidine rings is 1. The molecule has 1 N–H and O–H groups in total. The molecule has 1 saturated heterocycles. The number of carbonyl (C=O) groups excluding carboxylic acids is 1. The highest BCUT2D eigenvalue weighted by Gasteiger charge is 2.21. The van der Waals surface area contributed by atoms with Crippen LogP contribution in [0.15, 0.2) is 54.6 Å². The van der Waals surface area contributed by atoms with Gasteiger partial charge in [0.2, 0.25) is 5.01 Å². The monoisotopic (exact) mass is 434 g/mol. The molecule has 31 heavy (non-hydrogen) atoms. The lowest BCUT2D eigenvalue weighted by Crippen LogP contribution is -2.33. The first-order chi connectivity index (χ1) is 15.2. The highest BCUT2D eigenvalue weighted by atomic mass is 32.1. The third kappa shape index (κ3) is 6.45. The van der Waals surface area contributed by atoms with Crippen LogP contribution in [0.25, 0.3) is 0 Å². The quantitative estimate of drug-likeness (QED) is 0.562. The predicted molar refractivity (Wildman–Crippen MR) is 125 cm³/mol. The Morgan fingerprint density at radius 2 is 1.77 bits per heavy atom. The summed E-state index contributed by atoms with van der Waals surface area (Å²) in [5, 5.41) is 12.7. The zero-order valence-electron chi connectivity index (χ0n) is 18.1. The molecule has 162 valence electrons. The minimum Gasteiger partial charge on any atom is -0.346 e. The van der Waals surface area contributed by atoms with Gasteiger partial charge in [0, 0.05) is 6.54 Å². The van der Waals surface area contributed by atoms with Crippen LogP contribution in [-0.2, 0) is 19.5 Å². The van der Waals surface area contributed by atoms with Gasteiger partial charge < -0.3 is 5.32 Å². The summed E-state index contributed by atoms with van der Waals surface area (Å²) in [6.45, 7) is 5.53. The number of likely N-dealkylation sites (tertiary alicyclic amines) is 1. The second kappa shape index (κ2) is 10.6. The summed E-state index contributed by atoms with van der Waals surface area (Å²) >= 11 is 1.40. The first-order valence-electron chi connectivity index (χ1n) is 11.1. The molecule has 0 saturated carbocycles. The Labute approximate surface area is 188 Å². The molecule has 0 unspecified atom stereocenters. The van der Waals surface area contributed by atoms with Gasteiger partial charge in [-0.3, -0.25) is 9.69 Å². The summed E-state index contributed by atoms with van der Waals surface area (Å²) in [6, 6.07) is 18.9. The maximum absolute atomic E-state index is 12.4. The molecule has 1 aliphatic rings. The van der Waals surface area contributed by atoms with Crippen LogP contribution in [0.2, 0.25) is 0 Å². The van der Waals surface area contributed by atoms with Crippen LogP contribution in [0.1, 0.15) is 50.8 Å². The maximum atomic E-state index is 12.4. The van der Waals surface area contributed by atoms with Gasteiger partial charge in [-0.15, -0.1) is 10.2 Å². The lowest BCUT2D eigenvalue weighted by atomic mass is 9.90. The van der Waals surface area contributed by atoms with E-state index in [9.17, 15) is 4.79 Å². The minimum atomic E-state index is -0.149. The van der Waals surface area contributed by atoms with Crippen LogP contribution in [0.5, 0.6) is 0 Å². The lowest BCUT2D eigenvalue weighted by molar-refractivity contribution is 0.0950. The van der Waals surface area contributed by atoms with E-state index in [1.807, 2.05) is 12.1 Å². The number of hydrogen-bond donors (Lipinski definition) is 1. The number of rotatable bonds is 8. The van der Waals surface area contributed by atoms with E-state index in [-0.39, 0.29) is 5.91 Å². The third-order valence-electron chi connectivity index (χ3n) is 5.98. The molecule has 3 aromatic rings. The average Bonchev–Trinajstić information content (AvgIpc) is 3.27. The molecular formula is C25H30N4OS. The molecule has 5 nitrogen and oxygen atoms in total. The van der Waals surface area contributed by atoms with Gasteiger partial charge in [0.15, 0.2) is 0 Å². The molecule has 1 fully saturated rings. The largest absolute Gasteiger partial charge is 0.346 e. The van der Waals surface area contributed by atoms with Crippen molar-refractivity contribution in [2.45, 2.75) is 45.7 Å². The Balaban J connectivity index is 1.19. The number of benzene rings is 2. The van der Waals surface area contributed by atoms with E-state index in [2.05, 4.69) is 69.8 Å². The van der Waals surface area contributed by atoms with Crippen molar-refractivity contribution in [3.8, 4) is 0 Å². The third-order valence-corrected chi connectivity index (χ3v) is 6.89. The van der Waals surface area contributed by atoms with E-state index in [4.69, 9.17) is 0 Å². The zero-order chi connectivity index (χ0) is 21.5. The van der Waals surface area contributed by atoms with Crippen molar-refractivity contribution < 1.29 is 4.79 Å². The molecule has 6 heteroatoms. The summed E-state index contributed by atoms with van der Waals surface area (Å²) in [4.78, 5) is 14.8. The number of nitrogens with zero attached hydrogens (tertiary/aromatic N) is 3. The standard InChI is InChI=1S/C25H30N4OS/c1-19-7-9-22(10-8-19)17-26-24(30)25-28-27-23(31-25)18-29-15-13-21(14-16-29)12-11-20-5-3-2-4-6-20/h2-10,21H,11-18H2,1H3,(H,26,30). The summed E-state index contributed by atoms with van der Waals surface area (Å²) in [7, 11) is 0. The highest BCUT2D eigenvalue weighted by Crippen LogP contribution is 2.24. The average molecular weight is 435 g/mol. The van der Waals surface area contributed by atoms with Gasteiger partial charge in [0.25, 0.3) is 5.91 Å². The van der Waals surface area contributed by atoms with Gasteiger partial charge in [0.1, 0.15) is 5.01 Å². The molecule has 2 aromatic carbocycles. The maximum Gasteiger partial charge on any atom is 0.282 e. The van der Waals surface area contributed by atoms with Gasteiger partial charge in [-0.05, 0) is 62.7 Å². The smallest absolute Gasteiger partial charge is 0.282 e. The van der Waals surface area contributed by atoms with Crippen LogP contribution >= 0.6 is 11.3 Å². The Morgan fingerprint density at radius 1 is 1.03 bits per heavy atom. The van der Waals surface area contributed by atoms with Crippen LogP contribution < -0.4 is 5.32 Å². The van der Waals surface area contributed by atoms with E-state index < -0.39 is 0 Å². The van der Waals surface area contributed by atoms with Crippen LogP contribution in [0, 0.1) is 12.8 Å². The van der Waals surface area contributed by atoms with Gasteiger partial charge in [-0.25, -0.2) is 0 Å². The van der Waals surface area contributed by atoms with Gasteiger partial charge in [0.05, 0.1) is 6.54 Å². The van der Waals surface area contributed by atoms with Crippen LogP contribution in [-0.4, -0.2) is 34.1 Å². The molecule has 2 heterocycles. The lowest BCUT2D eigenvalue weighted by Gasteiger charge is -2.31. The summed E-state index contributed by atoms with van der Waals surface area (Å²) in [5.41, 5.74) is 3.73.